The van der Waals surface area contributed by atoms with Gasteiger partial charge in [-0.25, -0.2) is 0 Å². The fraction of sp³-hybridized carbons (Fsp3) is 0.500. The van der Waals surface area contributed by atoms with Crippen molar-refractivity contribution in [3.63, 3.8) is 0 Å². The molecular formula is C22H30N4OS. The molecule has 1 unspecified atom stereocenters. The van der Waals surface area contributed by atoms with Crippen molar-refractivity contribution in [2.24, 2.45) is 0 Å². The molecule has 0 aliphatic carbocycles. The first-order valence-electron chi connectivity index (χ1n) is 10.1. The number of nitrogens with one attached hydrogen (secondary N) is 2. The van der Waals surface area contributed by atoms with Gasteiger partial charge in [0.15, 0.2) is 0 Å². The number of hydrogen-bond donors (Lipinski definition) is 3. The van der Waals surface area contributed by atoms with E-state index in [1.165, 1.54) is 21.5 Å². The standard InChI is InChI=1S/C22H30N4OS/c1-12(2)19-20(15-8-13(3)24-14(4)9-15)25-17-10-18(28-21(17)19)22(27)26(5)16-6-7-23-11-16/h8-10,12,16,22-23,25,27H,6-7,11H2,1-5H3/t16-,22?/m0/s1. The Morgan fingerprint density at radius 3 is 2.54 bits per heavy atom. The summed E-state index contributed by atoms with van der Waals surface area (Å²) < 4.78 is 1.25. The number of aromatic amines is 1. The molecule has 150 valence electrons. The van der Waals surface area contributed by atoms with Crippen molar-refractivity contribution in [1.29, 1.82) is 0 Å². The van der Waals surface area contributed by atoms with E-state index < -0.39 is 6.23 Å². The Balaban J connectivity index is 1.74. The predicted octanol–water partition coefficient (Wildman–Crippen LogP) is 4.32. The summed E-state index contributed by atoms with van der Waals surface area (Å²) in [6.07, 6.45) is 0.517. The number of aromatic nitrogens is 2. The Hall–Kier alpha value is -1.73. The van der Waals surface area contributed by atoms with Gasteiger partial charge in [-0.1, -0.05) is 13.8 Å². The van der Waals surface area contributed by atoms with E-state index in [1.807, 2.05) is 20.9 Å². The van der Waals surface area contributed by atoms with E-state index in [0.29, 0.717) is 12.0 Å². The number of fused-ring (bicyclic) bond motifs is 1. The van der Waals surface area contributed by atoms with Gasteiger partial charge in [-0.3, -0.25) is 9.88 Å². The van der Waals surface area contributed by atoms with Gasteiger partial charge in [0.2, 0.25) is 0 Å². The number of pyridine rings is 1. The van der Waals surface area contributed by atoms with Crippen LogP contribution in [-0.2, 0) is 0 Å². The van der Waals surface area contributed by atoms with Crippen molar-refractivity contribution in [1.82, 2.24) is 20.2 Å². The molecule has 3 aromatic rings. The molecule has 3 N–H and O–H groups in total. The van der Waals surface area contributed by atoms with Gasteiger partial charge in [0.1, 0.15) is 6.23 Å². The van der Waals surface area contributed by atoms with E-state index in [1.54, 1.807) is 11.3 Å². The molecule has 0 aromatic carbocycles. The molecule has 0 bridgehead atoms. The van der Waals surface area contributed by atoms with E-state index >= 15 is 0 Å². The first kappa shape index (κ1) is 19.6. The van der Waals surface area contributed by atoms with Crippen molar-refractivity contribution in [3.05, 3.63) is 40.0 Å². The smallest absolute Gasteiger partial charge is 0.142 e. The topological polar surface area (TPSA) is 64.2 Å². The van der Waals surface area contributed by atoms with E-state index in [9.17, 15) is 5.11 Å². The van der Waals surface area contributed by atoms with Crippen molar-refractivity contribution in [3.8, 4) is 11.3 Å². The maximum atomic E-state index is 10.9. The van der Waals surface area contributed by atoms with E-state index in [4.69, 9.17) is 0 Å². The molecular weight excluding hydrogens is 368 g/mol. The Labute approximate surface area is 170 Å². The second kappa shape index (κ2) is 7.59. The van der Waals surface area contributed by atoms with Crippen LogP contribution in [0.1, 0.15) is 54.2 Å². The summed E-state index contributed by atoms with van der Waals surface area (Å²) in [6, 6.07) is 6.80. The Morgan fingerprint density at radius 2 is 1.93 bits per heavy atom. The second-order valence-electron chi connectivity index (χ2n) is 8.28. The van der Waals surface area contributed by atoms with Gasteiger partial charge in [-0.05, 0) is 63.5 Å². The molecule has 6 heteroatoms. The van der Waals surface area contributed by atoms with E-state index in [2.05, 4.69) is 52.2 Å². The van der Waals surface area contributed by atoms with Crippen molar-refractivity contribution >= 4 is 21.6 Å². The van der Waals surface area contributed by atoms with Crippen LogP contribution in [0.2, 0.25) is 0 Å². The number of rotatable bonds is 5. The molecule has 0 radical (unpaired) electrons. The van der Waals surface area contributed by atoms with Crippen LogP contribution in [0.15, 0.2) is 18.2 Å². The van der Waals surface area contributed by atoms with Gasteiger partial charge in [0.25, 0.3) is 0 Å². The quantitative estimate of drug-likeness (QED) is 0.560. The third kappa shape index (κ3) is 3.50. The SMILES string of the molecule is Cc1cc(-c2[nH]c3cc(C(O)N(C)[C@H]4CCNC4)sc3c2C(C)C)cc(C)n1. The fourth-order valence-corrected chi connectivity index (χ4v) is 5.64. The van der Waals surface area contributed by atoms with Crippen LogP contribution in [0.25, 0.3) is 21.5 Å². The van der Waals surface area contributed by atoms with Gasteiger partial charge in [-0.15, -0.1) is 11.3 Å². The molecule has 5 nitrogen and oxygen atoms in total. The maximum Gasteiger partial charge on any atom is 0.142 e. The molecule has 4 rings (SSSR count). The van der Waals surface area contributed by atoms with Crippen LogP contribution >= 0.6 is 11.3 Å². The largest absolute Gasteiger partial charge is 0.373 e. The summed E-state index contributed by atoms with van der Waals surface area (Å²) in [5.74, 6) is 0.387. The molecule has 2 atom stereocenters. The molecule has 1 aliphatic heterocycles. The highest BCUT2D eigenvalue weighted by Gasteiger charge is 2.27. The minimum atomic E-state index is -0.565. The van der Waals surface area contributed by atoms with Crippen LogP contribution in [0, 0.1) is 13.8 Å². The van der Waals surface area contributed by atoms with Crippen molar-refractivity contribution < 1.29 is 5.11 Å². The molecule has 1 fully saturated rings. The zero-order chi connectivity index (χ0) is 20.0. The molecule has 0 spiro atoms. The average Bonchev–Trinajstić information content (AvgIpc) is 3.34. The normalized spacial score (nSPS) is 18.6. The van der Waals surface area contributed by atoms with Crippen molar-refractivity contribution in [2.75, 3.05) is 20.1 Å². The Kier molecular flexibility index (Phi) is 5.31. The minimum absolute atomic E-state index is 0.387. The monoisotopic (exact) mass is 398 g/mol. The van der Waals surface area contributed by atoms with Gasteiger partial charge in [-0.2, -0.15) is 0 Å². The molecule has 3 aromatic heterocycles. The van der Waals surface area contributed by atoms with Gasteiger partial charge in [0.05, 0.1) is 20.8 Å². The Bertz CT molecular complexity index is 964. The number of aliphatic hydroxyl groups excluding tert-OH is 1. The van der Waals surface area contributed by atoms with Crippen molar-refractivity contribution in [2.45, 2.75) is 52.3 Å². The summed E-state index contributed by atoms with van der Waals surface area (Å²) in [4.78, 5) is 11.3. The van der Waals surface area contributed by atoms with Crippen LogP contribution in [-0.4, -0.2) is 46.2 Å². The summed E-state index contributed by atoms with van der Waals surface area (Å²) >= 11 is 1.71. The highest BCUT2D eigenvalue weighted by molar-refractivity contribution is 7.19. The predicted molar refractivity (Wildman–Crippen MR) is 117 cm³/mol. The number of likely N-dealkylation sites (N-methyl/N-ethyl adjacent to an activating group) is 1. The van der Waals surface area contributed by atoms with E-state index in [0.717, 1.165) is 41.3 Å². The van der Waals surface area contributed by atoms with Gasteiger partial charge >= 0.3 is 0 Å². The summed E-state index contributed by atoms with van der Waals surface area (Å²) in [5, 5.41) is 14.3. The highest BCUT2D eigenvalue weighted by Crippen LogP contribution is 2.42. The third-order valence-corrected chi connectivity index (χ3v) is 6.93. The number of H-pyrrole nitrogens is 1. The van der Waals surface area contributed by atoms with Gasteiger partial charge in [0, 0.05) is 29.5 Å². The lowest BCUT2D eigenvalue weighted by Crippen LogP contribution is -2.36. The van der Waals surface area contributed by atoms with E-state index in [-0.39, 0.29) is 0 Å². The molecule has 28 heavy (non-hydrogen) atoms. The van der Waals surface area contributed by atoms with Gasteiger partial charge < -0.3 is 15.4 Å². The molecule has 1 aliphatic rings. The highest BCUT2D eigenvalue weighted by atomic mass is 32.1. The number of thiophene rings is 1. The maximum absolute atomic E-state index is 10.9. The third-order valence-electron chi connectivity index (χ3n) is 5.72. The molecule has 1 saturated heterocycles. The fourth-order valence-electron chi connectivity index (χ4n) is 4.29. The van der Waals surface area contributed by atoms with Crippen LogP contribution < -0.4 is 5.32 Å². The first-order chi connectivity index (χ1) is 13.3. The summed E-state index contributed by atoms with van der Waals surface area (Å²) in [7, 11) is 2.02. The first-order valence-corrected chi connectivity index (χ1v) is 10.9. The average molecular weight is 399 g/mol. The summed E-state index contributed by atoms with van der Waals surface area (Å²) in [5.41, 5.74) is 6.88. The molecule has 4 heterocycles. The molecule has 0 saturated carbocycles. The number of hydrogen-bond acceptors (Lipinski definition) is 5. The number of aryl methyl sites for hydroxylation is 2. The number of aliphatic hydroxyl groups is 1. The lowest BCUT2D eigenvalue weighted by atomic mass is 9.99. The minimum Gasteiger partial charge on any atom is -0.373 e. The number of nitrogens with zero attached hydrogens (tertiary/aromatic N) is 2. The Morgan fingerprint density at radius 1 is 1.21 bits per heavy atom. The zero-order valence-electron chi connectivity index (χ0n) is 17.3. The van der Waals surface area contributed by atoms with Crippen LogP contribution in [0.3, 0.4) is 0 Å². The zero-order valence-corrected chi connectivity index (χ0v) is 18.2. The molecule has 0 amide bonds. The lowest BCUT2D eigenvalue weighted by molar-refractivity contribution is -0.000408. The van der Waals surface area contributed by atoms with Crippen LogP contribution in [0.4, 0.5) is 0 Å². The lowest BCUT2D eigenvalue weighted by Gasteiger charge is -2.28. The van der Waals surface area contributed by atoms with Crippen LogP contribution in [0.5, 0.6) is 0 Å². The summed E-state index contributed by atoms with van der Waals surface area (Å²) in [6.45, 7) is 10.5. The second-order valence-corrected chi connectivity index (χ2v) is 9.37.